The molecule has 0 aliphatic rings. The number of hydrogen-bond donors (Lipinski definition) is 1. The Morgan fingerprint density at radius 3 is 2.60 bits per heavy atom. The maximum Gasteiger partial charge on any atom is 0.245 e. The lowest BCUT2D eigenvalue weighted by Crippen LogP contribution is -2.30. The van der Waals surface area contributed by atoms with Crippen molar-refractivity contribution in [2.75, 3.05) is 0 Å². The molecule has 4 nitrogen and oxygen atoms in total. The van der Waals surface area contributed by atoms with Crippen LogP contribution in [0.3, 0.4) is 0 Å². The van der Waals surface area contributed by atoms with Gasteiger partial charge < -0.3 is 4.42 Å². The van der Waals surface area contributed by atoms with Crippen LogP contribution in [0.4, 0.5) is 0 Å². The first-order valence-corrected chi connectivity index (χ1v) is 7.04. The van der Waals surface area contributed by atoms with E-state index in [0.717, 1.165) is 0 Å². The predicted octanol–water partition coefficient (Wildman–Crippen LogP) is 2.47. The summed E-state index contributed by atoms with van der Waals surface area (Å²) in [7, 11) is -3.53. The van der Waals surface area contributed by atoms with E-state index in [4.69, 9.17) is 16.0 Å². The van der Waals surface area contributed by atoms with Gasteiger partial charge >= 0.3 is 0 Å². The van der Waals surface area contributed by atoms with Crippen LogP contribution in [0.5, 0.6) is 0 Å². The fourth-order valence-corrected chi connectivity index (χ4v) is 3.40. The van der Waals surface area contributed by atoms with Gasteiger partial charge in [-0.15, -0.1) is 11.6 Å². The van der Waals surface area contributed by atoms with Gasteiger partial charge in [0, 0.05) is 12.1 Å². The number of nitrogens with one attached hydrogen (secondary N) is 1. The second-order valence-corrected chi connectivity index (χ2v) is 5.93. The Bertz CT molecular complexity index is 441. The zero-order valence-corrected chi connectivity index (χ0v) is 11.4. The minimum absolute atomic E-state index is 0.0758. The van der Waals surface area contributed by atoms with E-state index in [0.29, 0.717) is 5.76 Å². The summed E-state index contributed by atoms with van der Waals surface area (Å²) < 4.78 is 31.2. The molecule has 15 heavy (non-hydrogen) atoms. The molecule has 0 unspecified atom stereocenters. The second kappa shape index (κ2) is 4.86. The van der Waals surface area contributed by atoms with Crippen molar-refractivity contribution in [3.8, 4) is 0 Å². The fourth-order valence-electron chi connectivity index (χ4n) is 1.02. The lowest BCUT2D eigenvalue weighted by Gasteiger charge is -2.07. The van der Waals surface area contributed by atoms with E-state index >= 15 is 0 Å². The molecule has 0 saturated heterocycles. The third-order valence-corrected chi connectivity index (χ3v) is 4.30. The summed E-state index contributed by atoms with van der Waals surface area (Å²) in [5, 5.41) is 0. The van der Waals surface area contributed by atoms with Crippen LogP contribution in [0.15, 0.2) is 20.0 Å². The number of alkyl halides is 1. The highest BCUT2D eigenvalue weighted by atomic mass is 79.9. The van der Waals surface area contributed by atoms with Crippen molar-refractivity contribution in [3.05, 3.63) is 16.5 Å². The first-order chi connectivity index (χ1) is 6.86. The van der Waals surface area contributed by atoms with E-state index in [1.807, 2.05) is 0 Å². The van der Waals surface area contributed by atoms with Crippen LogP contribution in [0.1, 0.15) is 19.6 Å². The second-order valence-electron chi connectivity index (χ2n) is 3.26. The topological polar surface area (TPSA) is 59.3 Å². The van der Waals surface area contributed by atoms with Gasteiger partial charge in [-0.3, -0.25) is 0 Å². The zero-order valence-electron chi connectivity index (χ0n) is 8.25. The summed E-state index contributed by atoms with van der Waals surface area (Å²) >= 11 is 8.58. The Morgan fingerprint density at radius 1 is 1.60 bits per heavy atom. The van der Waals surface area contributed by atoms with E-state index in [9.17, 15) is 8.42 Å². The minimum Gasteiger partial charge on any atom is -0.452 e. The molecule has 0 aliphatic carbocycles. The van der Waals surface area contributed by atoms with Gasteiger partial charge in [-0.25, -0.2) is 13.1 Å². The molecular weight excluding hydrogens is 306 g/mol. The lowest BCUT2D eigenvalue weighted by molar-refractivity contribution is 0.497. The number of furan rings is 1. The maximum absolute atomic E-state index is 11.7. The van der Waals surface area contributed by atoms with Gasteiger partial charge in [-0.2, -0.15) is 0 Å². The van der Waals surface area contributed by atoms with E-state index in [2.05, 4.69) is 20.7 Å². The molecule has 0 radical (unpaired) electrons. The lowest BCUT2D eigenvalue weighted by atomic mass is 10.4. The molecule has 0 aromatic carbocycles. The average molecular weight is 317 g/mol. The van der Waals surface area contributed by atoms with Crippen molar-refractivity contribution >= 4 is 37.6 Å². The third kappa shape index (κ3) is 3.21. The third-order valence-electron chi connectivity index (χ3n) is 1.52. The number of halogens is 2. The van der Waals surface area contributed by atoms with Crippen LogP contribution in [-0.4, -0.2) is 14.5 Å². The van der Waals surface area contributed by atoms with Gasteiger partial charge in [0.05, 0.1) is 5.88 Å². The normalized spacial score (nSPS) is 12.3. The molecule has 1 aromatic rings. The monoisotopic (exact) mass is 315 g/mol. The summed E-state index contributed by atoms with van der Waals surface area (Å²) in [6.07, 6.45) is 0. The Morgan fingerprint density at radius 2 is 2.20 bits per heavy atom. The first kappa shape index (κ1) is 13.0. The standard InChI is InChI=1S/C8H11BrClNO3S/c1-5(2)11-15(12,13)7-3-6(4-10)14-8(7)9/h3,5,11H,4H2,1-2H3. The molecule has 86 valence electrons. The predicted molar refractivity (Wildman–Crippen MR) is 61.4 cm³/mol. The van der Waals surface area contributed by atoms with E-state index in [-0.39, 0.29) is 21.5 Å². The average Bonchev–Trinajstić information content (AvgIpc) is 2.45. The van der Waals surface area contributed by atoms with Gasteiger partial charge in [0.1, 0.15) is 10.7 Å². The summed E-state index contributed by atoms with van der Waals surface area (Å²) in [5.41, 5.74) is 0. The summed E-state index contributed by atoms with van der Waals surface area (Å²) in [4.78, 5) is 0.0758. The Labute approximate surface area is 102 Å². The van der Waals surface area contributed by atoms with Gasteiger partial charge in [0.2, 0.25) is 10.0 Å². The molecule has 0 amide bonds. The highest BCUT2D eigenvalue weighted by Gasteiger charge is 2.22. The Hall–Kier alpha value is -0.0400. The molecule has 0 atom stereocenters. The summed E-state index contributed by atoms with van der Waals surface area (Å²) in [6.45, 7) is 3.49. The van der Waals surface area contributed by atoms with Gasteiger partial charge in [-0.1, -0.05) is 0 Å². The number of sulfonamides is 1. The van der Waals surface area contributed by atoms with E-state index < -0.39 is 10.0 Å². The van der Waals surface area contributed by atoms with Gasteiger partial charge in [-0.05, 0) is 29.8 Å². The summed E-state index contributed by atoms with van der Waals surface area (Å²) in [5.74, 6) is 0.545. The highest BCUT2D eigenvalue weighted by Crippen LogP contribution is 2.26. The zero-order chi connectivity index (χ0) is 11.6. The molecule has 0 bridgehead atoms. The molecule has 1 N–H and O–H groups in total. The minimum atomic E-state index is -3.53. The Balaban J connectivity index is 3.09. The molecule has 0 spiro atoms. The molecular formula is C8H11BrClNO3S. The van der Waals surface area contributed by atoms with Gasteiger partial charge in [0.15, 0.2) is 4.67 Å². The van der Waals surface area contributed by atoms with Crippen molar-refractivity contribution in [2.24, 2.45) is 0 Å². The molecule has 1 aromatic heterocycles. The SMILES string of the molecule is CC(C)NS(=O)(=O)c1cc(CCl)oc1Br. The van der Waals surface area contributed by atoms with Gasteiger partial charge in [0.25, 0.3) is 0 Å². The van der Waals surface area contributed by atoms with Crippen molar-refractivity contribution < 1.29 is 12.8 Å². The van der Waals surface area contributed by atoms with Crippen molar-refractivity contribution in [1.29, 1.82) is 0 Å². The molecule has 0 fully saturated rings. The molecule has 0 aliphatic heterocycles. The van der Waals surface area contributed by atoms with Crippen molar-refractivity contribution in [3.63, 3.8) is 0 Å². The van der Waals surface area contributed by atoms with E-state index in [1.165, 1.54) is 6.07 Å². The van der Waals surface area contributed by atoms with Crippen LogP contribution in [-0.2, 0) is 15.9 Å². The van der Waals surface area contributed by atoms with Crippen LogP contribution in [0.2, 0.25) is 0 Å². The summed E-state index contributed by atoms with van der Waals surface area (Å²) in [6, 6.07) is 1.23. The molecule has 0 saturated carbocycles. The van der Waals surface area contributed by atoms with Crippen molar-refractivity contribution in [1.82, 2.24) is 4.72 Å². The molecule has 1 heterocycles. The quantitative estimate of drug-likeness (QED) is 0.868. The van der Waals surface area contributed by atoms with E-state index in [1.54, 1.807) is 13.8 Å². The number of rotatable bonds is 4. The highest BCUT2D eigenvalue weighted by molar-refractivity contribution is 9.10. The van der Waals surface area contributed by atoms with Crippen molar-refractivity contribution in [2.45, 2.75) is 30.7 Å². The molecule has 1 rings (SSSR count). The molecule has 7 heteroatoms. The maximum atomic E-state index is 11.7. The largest absolute Gasteiger partial charge is 0.452 e. The number of hydrogen-bond acceptors (Lipinski definition) is 3. The van der Waals surface area contributed by atoms with Crippen LogP contribution in [0, 0.1) is 0 Å². The smallest absolute Gasteiger partial charge is 0.245 e. The van der Waals surface area contributed by atoms with Crippen LogP contribution in [0.25, 0.3) is 0 Å². The van der Waals surface area contributed by atoms with Crippen LogP contribution >= 0.6 is 27.5 Å². The fraction of sp³-hybridized carbons (Fsp3) is 0.500. The first-order valence-electron chi connectivity index (χ1n) is 4.23. The van der Waals surface area contributed by atoms with Crippen LogP contribution < -0.4 is 4.72 Å². The Kier molecular flexibility index (Phi) is 4.22.